The first-order valence-electron chi connectivity index (χ1n) is 7.12. The first-order chi connectivity index (χ1) is 9.88. The molecule has 2 amide bonds. The van der Waals surface area contributed by atoms with Gasteiger partial charge in [0.2, 0.25) is 11.8 Å². The Morgan fingerprint density at radius 2 is 2.19 bits per heavy atom. The normalized spacial score (nSPS) is 20.0. The van der Waals surface area contributed by atoms with Gasteiger partial charge in [-0.3, -0.25) is 14.5 Å². The Morgan fingerprint density at radius 1 is 1.48 bits per heavy atom. The van der Waals surface area contributed by atoms with Gasteiger partial charge in [-0.2, -0.15) is 0 Å². The van der Waals surface area contributed by atoms with E-state index in [0.717, 1.165) is 10.7 Å². The Kier molecular flexibility index (Phi) is 4.95. The summed E-state index contributed by atoms with van der Waals surface area (Å²) in [6.07, 6.45) is 0.289. The summed E-state index contributed by atoms with van der Waals surface area (Å²) >= 11 is 1.54. The molecule has 1 saturated heterocycles. The Hall–Kier alpha value is -1.47. The molecule has 1 fully saturated rings. The summed E-state index contributed by atoms with van der Waals surface area (Å²) in [4.78, 5) is 32.1. The summed E-state index contributed by atoms with van der Waals surface area (Å²) in [5.41, 5.74) is 6.28. The number of amides is 2. The quantitative estimate of drug-likeness (QED) is 0.873. The van der Waals surface area contributed by atoms with E-state index in [0.29, 0.717) is 19.6 Å². The number of rotatable bonds is 4. The molecule has 0 aromatic carbocycles. The number of aromatic nitrogens is 1. The lowest BCUT2D eigenvalue weighted by Gasteiger charge is -2.42. The summed E-state index contributed by atoms with van der Waals surface area (Å²) < 4.78 is 0. The molecule has 1 aromatic rings. The van der Waals surface area contributed by atoms with Gasteiger partial charge in [0.25, 0.3) is 0 Å². The fraction of sp³-hybridized carbons (Fsp3) is 0.643. The van der Waals surface area contributed by atoms with Crippen molar-refractivity contribution in [1.82, 2.24) is 14.8 Å². The molecule has 2 heterocycles. The predicted octanol–water partition coefficient (Wildman–Crippen LogP) is 0.401. The number of primary amides is 1. The van der Waals surface area contributed by atoms with Crippen molar-refractivity contribution in [2.24, 2.45) is 5.73 Å². The van der Waals surface area contributed by atoms with Crippen LogP contribution in [0.4, 0.5) is 0 Å². The third kappa shape index (κ3) is 3.79. The van der Waals surface area contributed by atoms with Crippen LogP contribution in [0.25, 0.3) is 0 Å². The van der Waals surface area contributed by atoms with Crippen LogP contribution in [0.3, 0.4) is 0 Å². The fourth-order valence-corrected chi connectivity index (χ4v) is 3.26. The third-order valence-electron chi connectivity index (χ3n) is 3.77. The molecule has 1 aliphatic rings. The molecule has 2 rings (SSSR count). The topological polar surface area (TPSA) is 79.5 Å². The molecular weight excluding hydrogens is 288 g/mol. The molecule has 1 aromatic heterocycles. The second-order valence-corrected chi connectivity index (χ2v) is 6.69. The average molecular weight is 310 g/mol. The zero-order valence-corrected chi connectivity index (χ0v) is 13.5. The second-order valence-electron chi connectivity index (χ2n) is 5.62. The zero-order valence-electron chi connectivity index (χ0n) is 12.7. The Balaban J connectivity index is 2.01. The van der Waals surface area contributed by atoms with E-state index in [9.17, 15) is 9.59 Å². The standard InChI is InChI=1S/C14H22N4O2S/c1-9(2)18-5-4-17(7-12(18)14(15)20)13(19)6-11-8-21-10(3)16-11/h8-9,12H,4-7H2,1-3H3,(H2,15,20)/t12-/m1/s1. The summed E-state index contributed by atoms with van der Waals surface area (Å²) in [5.74, 6) is -0.361. The highest BCUT2D eigenvalue weighted by Gasteiger charge is 2.34. The minimum atomic E-state index is -0.403. The molecule has 0 radical (unpaired) electrons. The molecule has 1 atom stereocenters. The summed E-state index contributed by atoms with van der Waals surface area (Å²) in [6.45, 7) is 7.66. The van der Waals surface area contributed by atoms with E-state index in [1.165, 1.54) is 11.3 Å². The van der Waals surface area contributed by atoms with Crippen LogP contribution >= 0.6 is 11.3 Å². The van der Waals surface area contributed by atoms with Crippen molar-refractivity contribution in [3.63, 3.8) is 0 Å². The van der Waals surface area contributed by atoms with Crippen LogP contribution in [-0.4, -0.2) is 58.3 Å². The van der Waals surface area contributed by atoms with Gasteiger partial charge in [-0.15, -0.1) is 11.3 Å². The molecule has 0 spiro atoms. The zero-order chi connectivity index (χ0) is 15.6. The maximum Gasteiger partial charge on any atom is 0.236 e. The number of nitrogens with two attached hydrogens (primary N) is 1. The SMILES string of the molecule is Cc1nc(CC(=O)N2CCN(C(C)C)[C@@H](C(N)=O)C2)cs1. The molecule has 0 bridgehead atoms. The number of aryl methyl sites for hydroxylation is 1. The number of hydrogen-bond acceptors (Lipinski definition) is 5. The highest BCUT2D eigenvalue weighted by atomic mass is 32.1. The Labute approximate surface area is 128 Å². The van der Waals surface area contributed by atoms with Crippen LogP contribution in [-0.2, 0) is 16.0 Å². The van der Waals surface area contributed by atoms with Gasteiger partial charge in [0.05, 0.1) is 17.1 Å². The van der Waals surface area contributed by atoms with Gasteiger partial charge >= 0.3 is 0 Å². The fourth-order valence-electron chi connectivity index (χ4n) is 2.65. The number of carbonyl (C=O) groups is 2. The molecule has 6 nitrogen and oxygen atoms in total. The third-order valence-corrected chi connectivity index (χ3v) is 4.59. The lowest BCUT2D eigenvalue weighted by Crippen LogP contribution is -2.61. The van der Waals surface area contributed by atoms with Crippen molar-refractivity contribution in [3.8, 4) is 0 Å². The van der Waals surface area contributed by atoms with Crippen molar-refractivity contribution < 1.29 is 9.59 Å². The first kappa shape index (κ1) is 15.9. The Bertz CT molecular complexity index is 529. The van der Waals surface area contributed by atoms with E-state index >= 15 is 0 Å². The number of hydrogen-bond donors (Lipinski definition) is 1. The number of thiazole rings is 1. The molecule has 0 saturated carbocycles. The summed E-state index contributed by atoms with van der Waals surface area (Å²) in [5, 5.41) is 2.86. The molecule has 0 aliphatic carbocycles. The van der Waals surface area contributed by atoms with Crippen molar-refractivity contribution >= 4 is 23.2 Å². The van der Waals surface area contributed by atoms with Gasteiger partial charge in [0.1, 0.15) is 6.04 Å². The second kappa shape index (κ2) is 6.53. The van der Waals surface area contributed by atoms with Gasteiger partial charge in [-0.05, 0) is 20.8 Å². The van der Waals surface area contributed by atoms with Crippen molar-refractivity contribution in [1.29, 1.82) is 0 Å². The van der Waals surface area contributed by atoms with Crippen molar-refractivity contribution in [3.05, 3.63) is 16.1 Å². The van der Waals surface area contributed by atoms with Crippen molar-refractivity contribution in [2.75, 3.05) is 19.6 Å². The molecular formula is C14H22N4O2S. The molecule has 21 heavy (non-hydrogen) atoms. The van der Waals surface area contributed by atoms with Gasteiger partial charge in [0.15, 0.2) is 0 Å². The molecule has 116 valence electrons. The van der Waals surface area contributed by atoms with Crippen LogP contribution in [0.1, 0.15) is 24.5 Å². The smallest absolute Gasteiger partial charge is 0.236 e. The van der Waals surface area contributed by atoms with Crippen LogP contribution < -0.4 is 5.73 Å². The van der Waals surface area contributed by atoms with E-state index in [-0.39, 0.29) is 24.3 Å². The number of nitrogens with zero attached hydrogens (tertiary/aromatic N) is 3. The maximum absolute atomic E-state index is 12.3. The monoisotopic (exact) mass is 310 g/mol. The van der Waals surface area contributed by atoms with Crippen LogP contribution in [0.15, 0.2) is 5.38 Å². The minimum absolute atomic E-state index is 0.00922. The van der Waals surface area contributed by atoms with E-state index in [4.69, 9.17) is 5.73 Å². The van der Waals surface area contributed by atoms with E-state index in [2.05, 4.69) is 9.88 Å². The van der Waals surface area contributed by atoms with Gasteiger partial charge in [0, 0.05) is 31.1 Å². The largest absolute Gasteiger partial charge is 0.368 e. The van der Waals surface area contributed by atoms with E-state index in [1.54, 1.807) is 4.90 Å². The van der Waals surface area contributed by atoms with Gasteiger partial charge in [-0.1, -0.05) is 0 Å². The highest BCUT2D eigenvalue weighted by molar-refractivity contribution is 7.09. The number of piperazine rings is 1. The van der Waals surface area contributed by atoms with Crippen LogP contribution in [0, 0.1) is 6.92 Å². The van der Waals surface area contributed by atoms with Crippen LogP contribution in [0.2, 0.25) is 0 Å². The highest BCUT2D eigenvalue weighted by Crippen LogP contribution is 2.15. The van der Waals surface area contributed by atoms with Gasteiger partial charge in [-0.25, -0.2) is 4.98 Å². The summed E-state index contributed by atoms with van der Waals surface area (Å²) in [6, 6.07) is -0.166. The first-order valence-corrected chi connectivity index (χ1v) is 8.00. The molecule has 0 unspecified atom stereocenters. The van der Waals surface area contributed by atoms with E-state index < -0.39 is 6.04 Å². The minimum Gasteiger partial charge on any atom is -0.368 e. The lowest BCUT2D eigenvalue weighted by atomic mass is 10.1. The molecule has 1 aliphatic heterocycles. The molecule has 7 heteroatoms. The Morgan fingerprint density at radius 3 is 2.71 bits per heavy atom. The lowest BCUT2D eigenvalue weighted by molar-refractivity contribution is -0.137. The average Bonchev–Trinajstić information content (AvgIpc) is 2.83. The maximum atomic E-state index is 12.3. The predicted molar refractivity (Wildman–Crippen MR) is 82.0 cm³/mol. The van der Waals surface area contributed by atoms with Gasteiger partial charge < -0.3 is 10.6 Å². The van der Waals surface area contributed by atoms with Crippen molar-refractivity contribution in [2.45, 2.75) is 39.3 Å². The van der Waals surface area contributed by atoms with Crippen LogP contribution in [0.5, 0.6) is 0 Å². The number of carbonyl (C=O) groups excluding carboxylic acids is 2. The van der Waals surface area contributed by atoms with E-state index in [1.807, 2.05) is 26.2 Å². The summed E-state index contributed by atoms with van der Waals surface area (Å²) in [7, 11) is 0. The molecule has 2 N–H and O–H groups in total.